The predicted molar refractivity (Wildman–Crippen MR) is 98.9 cm³/mol. The van der Waals surface area contributed by atoms with Gasteiger partial charge >= 0.3 is 7.12 Å². The average molecular weight is 340 g/mol. The summed E-state index contributed by atoms with van der Waals surface area (Å²) in [6, 6.07) is 15.6. The summed E-state index contributed by atoms with van der Waals surface area (Å²) in [7, 11) is -0.342. The van der Waals surface area contributed by atoms with Crippen LogP contribution in [0.4, 0.5) is 0 Å². The monoisotopic (exact) mass is 340 g/mol. The van der Waals surface area contributed by atoms with E-state index in [9.17, 15) is 0 Å². The minimum Gasteiger partial charge on any atom is -0.489 e. The molecule has 0 bridgehead atoms. The van der Waals surface area contributed by atoms with Gasteiger partial charge in [-0.05, 0) is 56.4 Å². The van der Waals surface area contributed by atoms with Crippen molar-refractivity contribution in [2.45, 2.75) is 52.1 Å². The van der Waals surface area contributed by atoms with Crippen molar-refractivity contribution in [2.24, 2.45) is 0 Å². The Balaban J connectivity index is 1.61. The molecule has 132 valence electrons. The highest BCUT2D eigenvalue weighted by Crippen LogP contribution is 2.36. The molecule has 0 aromatic heterocycles. The van der Waals surface area contributed by atoms with E-state index in [1.165, 1.54) is 0 Å². The van der Waals surface area contributed by atoms with Gasteiger partial charge in [-0.25, -0.2) is 0 Å². The lowest BCUT2D eigenvalue weighted by Crippen LogP contribution is -2.41. The third-order valence-electron chi connectivity index (χ3n) is 5.02. The molecular weight excluding hydrogens is 315 g/mol. The van der Waals surface area contributed by atoms with Crippen molar-refractivity contribution in [1.29, 1.82) is 0 Å². The number of hydrogen-bond acceptors (Lipinski definition) is 4. The Kier molecular flexibility index (Phi) is 4.91. The Hall–Kier alpha value is -1.82. The van der Waals surface area contributed by atoms with Crippen LogP contribution in [-0.2, 0) is 22.5 Å². The van der Waals surface area contributed by atoms with Gasteiger partial charge in [0.2, 0.25) is 0 Å². The number of hydrogen-bond donors (Lipinski definition) is 1. The molecule has 1 saturated heterocycles. The molecule has 2 aromatic carbocycles. The summed E-state index contributed by atoms with van der Waals surface area (Å²) in [5, 5.41) is 9.06. The average Bonchev–Trinajstić information content (AvgIpc) is 2.82. The van der Waals surface area contributed by atoms with E-state index >= 15 is 0 Å². The third kappa shape index (κ3) is 3.89. The van der Waals surface area contributed by atoms with Crippen molar-refractivity contribution in [3.05, 3.63) is 59.7 Å². The van der Waals surface area contributed by atoms with Gasteiger partial charge in [0.1, 0.15) is 12.4 Å². The number of rotatable bonds is 5. The summed E-state index contributed by atoms with van der Waals surface area (Å²) in [4.78, 5) is 0. The lowest BCUT2D eigenvalue weighted by molar-refractivity contribution is 0.00578. The van der Waals surface area contributed by atoms with E-state index in [0.717, 1.165) is 22.3 Å². The second-order valence-corrected chi connectivity index (χ2v) is 7.42. The normalized spacial score (nSPS) is 18.4. The number of ether oxygens (including phenoxy) is 1. The van der Waals surface area contributed by atoms with E-state index < -0.39 is 0 Å². The molecule has 4 nitrogen and oxygen atoms in total. The van der Waals surface area contributed by atoms with Crippen LogP contribution in [0.1, 0.15) is 38.8 Å². The van der Waals surface area contributed by atoms with Gasteiger partial charge in [0.15, 0.2) is 0 Å². The van der Waals surface area contributed by atoms with Gasteiger partial charge in [0.25, 0.3) is 0 Å². The molecule has 1 heterocycles. The third-order valence-corrected chi connectivity index (χ3v) is 5.02. The quantitative estimate of drug-likeness (QED) is 0.850. The molecule has 25 heavy (non-hydrogen) atoms. The zero-order valence-corrected chi connectivity index (χ0v) is 15.3. The van der Waals surface area contributed by atoms with Crippen molar-refractivity contribution >= 4 is 12.6 Å². The van der Waals surface area contributed by atoms with Gasteiger partial charge in [-0.1, -0.05) is 36.4 Å². The molecule has 0 spiro atoms. The van der Waals surface area contributed by atoms with Gasteiger partial charge in [-0.15, -0.1) is 0 Å². The van der Waals surface area contributed by atoms with Crippen LogP contribution in [0.3, 0.4) is 0 Å². The van der Waals surface area contributed by atoms with Gasteiger partial charge in [0.05, 0.1) is 17.8 Å². The summed E-state index contributed by atoms with van der Waals surface area (Å²) in [5.74, 6) is 0.784. The fourth-order valence-electron chi connectivity index (χ4n) is 2.61. The molecule has 2 aromatic rings. The lowest BCUT2D eigenvalue weighted by atomic mass is 9.79. The largest absolute Gasteiger partial charge is 0.494 e. The highest BCUT2D eigenvalue weighted by Gasteiger charge is 2.51. The molecule has 1 aliphatic rings. The first-order valence-electron chi connectivity index (χ1n) is 8.58. The zero-order chi connectivity index (χ0) is 18.1. The second-order valence-electron chi connectivity index (χ2n) is 7.42. The Labute approximate surface area is 149 Å². The van der Waals surface area contributed by atoms with Crippen LogP contribution in [0, 0.1) is 0 Å². The van der Waals surface area contributed by atoms with E-state index in [1.807, 2.05) is 48.5 Å². The highest BCUT2D eigenvalue weighted by atomic mass is 16.7. The minimum atomic E-state index is -0.342. The van der Waals surface area contributed by atoms with E-state index in [1.54, 1.807) is 0 Å². The maximum Gasteiger partial charge on any atom is 0.494 e. The first-order valence-corrected chi connectivity index (χ1v) is 8.58. The van der Waals surface area contributed by atoms with Crippen LogP contribution in [0.25, 0.3) is 0 Å². The van der Waals surface area contributed by atoms with Gasteiger partial charge < -0.3 is 19.2 Å². The van der Waals surface area contributed by atoms with Crippen molar-refractivity contribution < 1.29 is 19.2 Å². The van der Waals surface area contributed by atoms with E-state index in [2.05, 4.69) is 27.7 Å². The van der Waals surface area contributed by atoms with Crippen LogP contribution in [-0.4, -0.2) is 23.4 Å². The maximum absolute atomic E-state index is 9.06. The molecule has 0 radical (unpaired) electrons. The van der Waals surface area contributed by atoms with E-state index in [4.69, 9.17) is 19.2 Å². The Bertz CT molecular complexity index is 691. The van der Waals surface area contributed by atoms with Gasteiger partial charge in [-0.3, -0.25) is 0 Å². The van der Waals surface area contributed by atoms with Crippen molar-refractivity contribution in [3.63, 3.8) is 0 Å². The van der Waals surface area contributed by atoms with E-state index in [-0.39, 0.29) is 24.9 Å². The zero-order valence-electron chi connectivity index (χ0n) is 15.3. The van der Waals surface area contributed by atoms with Crippen LogP contribution >= 0.6 is 0 Å². The van der Waals surface area contributed by atoms with Crippen LogP contribution in [0.15, 0.2) is 48.5 Å². The first kappa shape index (κ1) is 18.0. The molecular formula is C20H25BO4. The van der Waals surface area contributed by atoms with Crippen LogP contribution in [0.2, 0.25) is 0 Å². The number of aliphatic hydroxyl groups is 1. The molecule has 0 atom stereocenters. The predicted octanol–water partition coefficient (Wildman–Crippen LogP) is 3.06. The molecule has 3 rings (SSSR count). The van der Waals surface area contributed by atoms with Crippen molar-refractivity contribution in [2.75, 3.05) is 0 Å². The van der Waals surface area contributed by atoms with Crippen LogP contribution < -0.4 is 10.2 Å². The first-order chi connectivity index (χ1) is 11.8. The van der Waals surface area contributed by atoms with Gasteiger partial charge in [-0.2, -0.15) is 0 Å². The van der Waals surface area contributed by atoms with Crippen molar-refractivity contribution in [1.82, 2.24) is 0 Å². The second kappa shape index (κ2) is 6.83. The fraction of sp³-hybridized carbons (Fsp3) is 0.400. The lowest BCUT2D eigenvalue weighted by Gasteiger charge is -2.32. The summed E-state index contributed by atoms with van der Waals surface area (Å²) in [6.07, 6.45) is 0. The Morgan fingerprint density at radius 3 is 1.88 bits per heavy atom. The molecule has 1 fully saturated rings. The minimum absolute atomic E-state index is 0.0423. The Morgan fingerprint density at radius 1 is 0.840 bits per heavy atom. The SMILES string of the molecule is CC1(C)OB(c2ccc(COc3ccc(CO)cc3)cc2)OC1(C)C. The van der Waals surface area contributed by atoms with Crippen molar-refractivity contribution in [3.8, 4) is 5.75 Å². The standard InChI is InChI=1S/C20H25BO4/c1-19(2)20(3,4)25-21(24-19)17-9-5-16(6-10-17)14-23-18-11-7-15(13-22)8-12-18/h5-12,22H,13-14H2,1-4H3. The summed E-state index contributed by atoms with van der Waals surface area (Å²) in [5.41, 5.74) is 2.29. The van der Waals surface area contributed by atoms with Crippen LogP contribution in [0.5, 0.6) is 5.75 Å². The molecule has 1 N–H and O–H groups in total. The summed E-state index contributed by atoms with van der Waals surface area (Å²) < 4.78 is 17.9. The molecule has 0 amide bonds. The van der Waals surface area contributed by atoms with E-state index in [0.29, 0.717) is 6.61 Å². The fourth-order valence-corrected chi connectivity index (χ4v) is 2.61. The Morgan fingerprint density at radius 2 is 1.36 bits per heavy atom. The highest BCUT2D eigenvalue weighted by molar-refractivity contribution is 6.62. The molecule has 0 unspecified atom stereocenters. The molecule has 0 saturated carbocycles. The smallest absolute Gasteiger partial charge is 0.489 e. The molecule has 0 aliphatic carbocycles. The molecule has 1 aliphatic heterocycles. The molecule has 5 heteroatoms. The summed E-state index contributed by atoms with van der Waals surface area (Å²) in [6.45, 7) is 8.74. The van der Waals surface area contributed by atoms with Gasteiger partial charge in [0, 0.05) is 0 Å². The topological polar surface area (TPSA) is 47.9 Å². The summed E-state index contributed by atoms with van der Waals surface area (Å²) >= 11 is 0. The number of benzene rings is 2. The number of aliphatic hydroxyl groups excluding tert-OH is 1. The maximum atomic E-state index is 9.06.